The third-order valence-corrected chi connectivity index (χ3v) is 5.04. The standard InChI is InChI=1S/C17H19N3O4S/c1-12-3-4-15-14(9-12)20(25(2,22)23)11-16(24-15)17(21)19-10-13-5-7-18-8-6-13/h3-9,16H,10-11H2,1-2H3,(H,19,21). The zero-order valence-electron chi connectivity index (χ0n) is 14.0. The van der Waals surface area contributed by atoms with Crippen LogP contribution in [0.4, 0.5) is 5.69 Å². The van der Waals surface area contributed by atoms with E-state index in [1.807, 2.05) is 13.0 Å². The Kier molecular flexibility index (Phi) is 4.63. The molecule has 2 heterocycles. The van der Waals surface area contributed by atoms with Crippen LogP contribution < -0.4 is 14.4 Å². The molecule has 0 bridgehead atoms. The Balaban J connectivity index is 1.79. The van der Waals surface area contributed by atoms with Gasteiger partial charge in [-0.3, -0.25) is 14.1 Å². The van der Waals surface area contributed by atoms with Crippen molar-refractivity contribution in [2.45, 2.75) is 19.6 Å². The van der Waals surface area contributed by atoms with Crippen molar-refractivity contribution in [2.75, 3.05) is 17.1 Å². The fraction of sp³-hybridized carbons (Fsp3) is 0.294. The lowest BCUT2D eigenvalue weighted by atomic mass is 10.1. The molecule has 8 heteroatoms. The Morgan fingerprint density at radius 3 is 2.72 bits per heavy atom. The molecule has 25 heavy (non-hydrogen) atoms. The highest BCUT2D eigenvalue weighted by Gasteiger charge is 2.34. The molecule has 2 aromatic rings. The van der Waals surface area contributed by atoms with Gasteiger partial charge in [-0.15, -0.1) is 0 Å². The summed E-state index contributed by atoms with van der Waals surface area (Å²) >= 11 is 0. The fourth-order valence-electron chi connectivity index (χ4n) is 2.62. The summed E-state index contributed by atoms with van der Waals surface area (Å²) in [4.78, 5) is 16.4. The van der Waals surface area contributed by atoms with Crippen LogP contribution in [0.5, 0.6) is 5.75 Å². The summed E-state index contributed by atoms with van der Waals surface area (Å²) in [7, 11) is -3.52. The van der Waals surface area contributed by atoms with Gasteiger partial charge in [-0.2, -0.15) is 0 Å². The number of carbonyl (C=O) groups excluding carboxylic acids is 1. The van der Waals surface area contributed by atoms with Crippen LogP contribution in [0.25, 0.3) is 0 Å². The third-order valence-electron chi connectivity index (χ3n) is 3.89. The molecule has 1 amide bonds. The van der Waals surface area contributed by atoms with E-state index >= 15 is 0 Å². The second-order valence-electron chi connectivity index (χ2n) is 5.95. The highest BCUT2D eigenvalue weighted by Crippen LogP contribution is 2.35. The zero-order chi connectivity index (χ0) is 18.0. The van der Waals surface area contributed by atoms with Gasteiger partial charge in [-0.1, -0.05) is 6.07 Å². The largest absolute Gasteiger partial charge is 0.476 e. The molecule has 0 fully saturated rings. The van der Waals surface area contributed by atoms with Gasteiger partial charge in [0.05, 0.1) is 18.5 Å². The quantitative estimate of drug-likeness (QED) is 0.885. The van der Waals surface area contributed by atoms with E-state index < -0.39 is 16.1 Å². The lowest BCUT2D eigenvalue weighted by Gasteiger charge is -2.34. The Morgan fingerprint density at radius 2 is 2.04 bits per heavy atom. The first-order valence-corrected chi connectivity index (χ1v) is 9.61. The number of benzene rings is 1. The van der Waals surface area contributed by atoms with Gasteiger partial charge < -0.3 is 10.1 Å². The number of hydrogen-bond acceptors (Lipinski definition) is 5. The first-order valence-electron chi connectivity index (χ1n) is 7.76. The molecule has 0 spiro atoms. The van der Waals surface area contributed by atoms with Gasteiger partial charge in [0.1, 0.15) is 5.75 Å². The molecule has 3 rings (SSSR count). The summed E-state index contributed by atoms with van der Waals surface area (Å²) in [6, 6.07) is 8.83. The smallest absolute Gasteiger partial charge is 0.263 e. The molecule has 1 aliphatic heterocycles. The van der Waals surface area contributed by atoms with Gasteiger partial charge in [0, 0.05) is 18.9 Å². The lowest BCUT2D eigenvalue weighted by Crippen LogP contribution is -2.50. The first-order chi connectivity index (χ1) is 11.8. The summed E-state index contributed by atoms with van der Waals surface area (Å²) in [5.41, 5.74) is 2.27. The molecule has 0 radical (unpaired) electrons. The number of sulfonamides is 1. The number of fused-ring (bicyclic) bond motifs is 1. The first kappa shape index (κ1) is 17.2. The summed E-state index contributed by atoms with van der Waals surface area (Å²) < 4.78 is 31.2. The van der Waals surface area contributed by atoms with Crippen molar-refractivity contribution in [3.8, 4) is 5.75 Å². The number of amides is 1. The van der Waals surface area contributed by atoms with Crippen LogP contribution in [-0.2, 0) is 21.4 Å². The van der Waals surface area contributed by atoms with Crippen LogP contribution >= 0.6 is 0 Å². The molecule has 1 aromatic carbocycles. The normalized spacial score (nSPS) is 16.7. The number of carbonyl (C=O) groups is 1. The predicted molar refractivity (Wildman–Crippen MR) is 93.9 cm³/mol. The SMILES string of the molecule is Cc1ccc2c(c1)N(S(C)(=O)=O)CC(C(=O)NCc1ccncc1)O2. The number of hydrogen-bond donors (Lipinski definition) is 1. The van der Waals surface area contributed by atoms with Crippen molar-refractivity contribution in [2.24, 2.45) is 0 Å². The minimum Gasteiger partial charge on any atom is -0.476 e. The third kappa shape index (κ3) is 3.90. The molecule has 0 saturated heterocycles. The van der Waals surface area contributed by atoms with Crippen molar-refractivity contribution in [1.82, 2.24) is 10.3 Å². The molecule has 1 aromatic heterocycles. The van der Waals surface area contributed by atoms with E-state index in [0.29, 0.717) is 18.0 Å². The predicted octanol–water partition coefficient (Wildman–Crippen LogP) is 1.23. The van der Waals surface area contributed by atoms with Crippen molar-refractivity contribution >= 4 is 21.6 Å². The van der Waals surface area contributed by atoms with Crippen LogP contribution in [0.1, 0.15) is 11.1 Å². The molecule has 7 nitrogen and oxygen atoms in total. The Morgan fingerprint density at radius 1 is 1.32 bits per heavy atom. The zero-order valence-corrected chi connectivity index (χ0v) is 14.8. The van der Waals surface area contributed by atoms with E-state index in [-0.39, 0.29) is 12.5 Å². The Bertz CT molecular complexity index is 884. The topological polar surface area (TPSA) is 88.6 Å². The van der Waals surface area contributed by atoms with Crippen LogP contribution in [0.15, 0.2) is 42.7 Å². The average Bonchev–Trinajstić information content (AvgIpc) is 2.58. The molecule has 1 atom stereocenters. The molecular weight excluding hydrogens is 342 g/mol. The second kappa shape index (κ2) is 6.72. The number of rotatable bonds is 4. The number of nitrogens with zero attached hydrogens (tertiary/aromatic N) is 2. The number of ether oxygens (including phenoxy) is 1. The van der Waals surface area contributed by atoms with Gasteiger partial charge in [0.25, 0.3) is 5.91 Å². The van der Waals surface area contributed by atoms with E-state index in [4.69, 9.17) is 4.74 Å². The second-order valence-corrected chi connectivity index (χ2v) is 7.85. The molecule has 132 valence electrons. The van der Waals surface area contributed by atoms with E-state index in [2.05, 4.69) is 10.3 Å². The minimum absolute atomic E-state index is 0.0581. The van der Waals surface area contributed by atoms with Gasteiger partial charge in [0.15, 0.2) is 6.10 Å². The number of aryl methyl sites for hydroxylation is 1. The Hall–Kier alpha value is -2.61. The summed E-state index contributed by atoms with van der Waals surface area (Å²) in [5.74, 6) is 0.0167. The summed E-state index contributed by atoms with van der Waals surface area (Å²) in [5, 5.41) is 2.77. The summed E-state index contributed by atoms with van der Waals surface area (Å²) in [6.45, 7) is 2.13. The molecular formula is C17H19N3O4S. The van der Waals surface area contributed by atoms with Crippen LogP contribution in [0, 0.1) is 6.92 Å². The van der Waals surface area contributed by atoms with Crippen molar-refractivity contribution in [3.05, 3.63) is 53.9 Å². The maximum absolute atomic E-state index is 12.4. The highest BCUT2D eigenvalue weighted by molar-refractivity contribution is 7.92. The lowest BCUT2D eigenvalue weighted by molar-refractivity contribution is -0.127. The highest BCUT2D eigenvalue weighted by atomic mass is 32.2. The average molecular weight is 361 g/mol. The van der Waals surface area contributed by atoms with E-state index in [1.54, 1.807) is 36.7 Å². The van der Waals surface area contributed by atoms with Crippen molar-refractivity contribution in [1.29, 1.82) is 0 Å². The van der Waals surface area contributed by atoms with Gasteiger partial charge in [-0.25, -0.2) is 8.42 Å². The number of pyridine rings is 1. The van der Waals surface area contributed by atoms with Gasteiger partial charge in [-0.05, 0) is 42.3 Å². The molecule has 0 saturated carbocycles. The molecule has 1 unspecified atom stereocenters. The Labute approximate surface area is 146 Å². The monoisotopic (exact) mass is 361 g/mol. The van der Waals surface area contributed by atoms with Crippen molar-refractivity contribution < 1.29 is 17.9 Å². The van der Waals surface area contributed by atoms with Gasteiger partial charge in [0.2, 0.25) is 10.0 Å². The van der Waals surface area contributed by atoms with Crippen LogP contribution in [-0.4, -0.2) is 38.2 Å². The van der Waals surface area contributed by atoms with Crippen molar-refractivity contribution in [3.63, 3.8) is 0 Å². The maximum atomic E-state index is 12.4. The van der Waals surface area contributed by atoms with Gasteiger partial charge >= 0.3 is 0 Å². The molecule has 0 aliphatic carbocycles. The maximum Gasteiger partial charge on any atom is 0.263 e. The molecule has 1 N–H and O–H groups in total. The van der Waals surface area contributed by atoms with Crippen LogP contribution in [0.3, 0.4) is 0 Å². The number of nitrogens with one attached hydrogen (secondary N) is 1. The molecule has 1 aliphatic rings. The fourth-order valence-corrected chi connectivity index (χ4v) is 3.52. The van der Waals surface area contributed by atoms with E-state index in [1.165, 1.54) is 4.31 Å². The minimum atomic E-state index is -3.52. The number of anilines is 1. The summed E-state index contributed by atoms with van der Waals surface area (Å²) in [6.07, 6.45) is 3.49. The number of aromatic nitrogens is 1. The van der Waals surface area contributed by atoms with E-state index in [9.17, 15) is 13.2 Å². The van der Waals surface area contributed by atoms with Crippen LogP contribution in [0.2, 0.25) is 0 Å². The van der Waals surface area contributed by atoms with E-state index in [0.717, 1.165) is 17.4 Å².